The molecule has 170 valence electrons. The highest BCUT2D eigenvalue weighted by Gasteiger charge is 2.27. The molecule has 1 N–H and O–H groups in total. The van der Waals surface area contributed by atoms with E-state index in [-0.39, 0.29) is 6.10 Å². The lowest BCUT2D eigenvalue weighted by atomic mass is 10.1. The van der Waals surface area contributed by atoms with Crippen LogP contribution in [-0.2, 0) is 0 Å². The SMILES string of the molecule is CCCCCCCCOc1ccc(-c2nc(C)c(-c3ccnc(N4CC(O)C4)n3)s2)cc1. The van der Waals surface area contributed by atoms with E-state index < -0.39 is 0 Å². The van der Waals surface area contributed by atoms with Crippen LogP contribution in [0.2, 0.25) is 0 Å². The van der Waals surface area contributed by atoms with Crippen molar-refractivity contribution in [3.05, 3.63) is 42.2 Å². The van der Waals surface area contributed by atoms with Crippen LogP contribution >= 0.6 is 11.3 Å². The van der Waals surface area contributed by atoms with Gasteiger partial charge in [-0.2, -0.15) is 0 Å². The van der Waals surface area contributed by atoms with Crippen molar-refractivity contribution in [2.75, 3.05) is 24.6 Å². The Morgan fingerprint density at radius 3 is 2.53 bits per heavy atom. The molecule has 1 aliphatic rings. The molecule has 2 aromatic heterocycles. The summed E-state index contributed by atoms with van der Waals surface area (Å²) in [6.45, 7) is 6.21. The topological polar surface area (TPSA) is 71.4 Å². The van der Waals surface area contributed by atoms with Gasteiger partial charge in [-0.1, -0.05) is 39.0 Å². The number of aromatic nitrogens is 3. The number of ether oxygens (including phenoxy) is 1. The molecule has 0 spiro atoms. The fraction of sp³-hybridized carbons (Fsp3) is 0.480. The summed E-state index contributed by atoms with van der Waals surface area (Å²) in [5, 5.41) is 10.5. The molecular weight excluding hydrogens is 420 g/mol. The number of thiazole rings is 1. The van der Waals surface area contributed by atoms with Crippen molar-refractivity contribution in [3.63, 3.8) is 0 Å². The first-order chi connectivity index (χ1) is 15.6. The lowest BCUT2D eigenvalue weighted by Gasteiger charge is -2.35. The van der Waals surface area contributed by atoms with Crippen molar-refractivity contribution in [1.29, 1.82) is 0 Å². The van der Waals surface area contributed by atoms with E-state index >= 15 is 0 Å². The number of anilines is 1. The molecule has 0 radical (unpaired) electrons. The van der Waals surface area contributed by atoms with Crippen LogP contribution in [0.4, 0.5) is 5.95 Å². The predicted octanol–water partition coefficient (Wildman–Crippen LogP) is 5.50. The van der Waals surface area contributed by atoms with E-state index in [1.807, 2.05) is 30.0 Å². The zero-order valence-corrected chi connectivity index (χ0v) is 19.8. The van der Waals surface area contributed by atoms with Crippen molar-refractivity contribution in [3.8, 4) is 26.9 Å². The van der Waals surface area contributed by atoms with Gasteiger partial charge < -0.3 is 14.7 Å². The van der Waals surface area contributed by atoms with Crippen LogP contribution in [0.3, 0.4) is 0 Å². The zero-order valence-electron chi connectivity index (χ0n) is 19.0. The fourth-order valence-electron chi connectivity index (χ4n) is 3.77. The van der Waals surface area contributed by atoms with Crippen LogP contribution in [0, 0.1) is 6.92 Å². The minimum absolute atomic E-state index is 0.281. The van der Waals surface area contributed by atoms with Gasteiger partial charge in [-0.15, -0.1) is 11.3 Å². The number of unbranched alkanes of at least 4 members (excludes halogenated alkanes) is 5. The molecule has 0 amide bonds. The molecule has 3 aromatic rings. The number of rotatable bonds is 11. The van der Waals surface area contributed by atoms with Crippen LogP contribution in [0.1, 0.15) is 51.1 Å². The summed E-state index contributed by atoms with van der Waals surface area (Å²) in [5.41, 5.74) is 2.91. The molecular formula is C25H32N4O2S. The normalized spacial score (nSPS) is 13.9. The van der Waals surface area contributed by atoms with Crippen LogP contribution in [0.25, 0.3) is 21.1 Å². The van der Waals surface area contributed by atoms with E-state index in [0.29, 0.717) is 19.0 Å². The van der Waals surface area contributed by atoms with Gasteiger partial charge in [0.1, 0.15) is 10.8 Å². The second kappa shape index (κ2) is 10.9. The number of hydrogen-bond donors (Lipinski definition) is 1. The lowest BCUT2D eigenvalue weighted by Crippen LogP contribution is -2.51. The maximum absolute atomic E-state index is 9.54. The third-order valence-corrected chi connectivity index (χ3v) is 6.91. The molecule has 0 aliphatic carbocycles. The van der Waals surface area contributed by atoms with E-state index in [1.165, 1.54) is 32.1 Å². The number of aliphatic hydroxyl groups is 1. The van der Waals surface area contributed by atoms with Crippen molar-refractivity contribution in [1.82, 2.24) is 15.0 Å². The smallest absolute Gasteiger partial charge is 0.226 e. The maximum Gasteiger partial charge on any atom is 0.226 e. The molecule has 0 atom stereocenters. The van der Waals surface area contributed by atoms with Gasteiger partial charge in [-0.25, -0.2) is 15.0 Å². The molecule has 0 unspecified atom stereocenters. The standard InChI is InChI=1S/C25H32N4O2S/c1-3-4-5-6-7-8-15-31-21-11-9-19(10-12-21)24-27-18(2)23(32-24)22-13-14-26-25(28-22)29-16-20(30)17-29/h9-14,20,30H,3-8,15-17H2,1-2H3. The molecule has 0 bridgehead atoms. The number of aryl methyl sites for hydroxylation is 1. The molecule has 0 saturated carbocycles. The summed E-state index contributed by atoms with van der Waals surface area (Å²) in [5.74, 6) is 1.57. The van der Waals surface area contributed by atoms with Crippen molar-refractivity contribution in [2.45, 2.75) is 58.5 Å². The van der Waals surface area contributed by atoms with Gasteiger partial charge in [0.25, 0.3) is 0 Å². The van der Waals surface area contributed by atoms with Crippen LogP contribution < -0.4 is 9.64 Å². The zero-order chi connectivity index (χ0) is 22.3. The van der Waals surface area contributed by atoms with E-state index in [1.54, 1.807) is 17.5 Å². The summed E-state index contributed by atoms with van der Waals surface area (Å²) >= 11 is 1.64. The highest BCUT2D eigenvalue weighted by molar-refractivity contribution is 7.18. The van der Waals surface area contributed by atoms with Crippen LogP contribution in [0.5, 0.6) is 5.75 Å². The number of nitrogens with zero attached hydrogens (tertiary/aromatic N) is 4. The second-order valence-electron chi connectivity index (χ2n) is 8.37. The van der Waals surface area contributed by atoms with E-state index in [4.69, 9.17) is 14.7 Å². The van der Waals surface area contributed by atoms with Crippen molar-refractivity contribution in [2.24, 2.45) is 0 Å². The number of hydrogen-bond acceptors (Lipinski definition) is 7. The molecule has 1 saturated heterocycles. The first kappa shape index (κ1) is 22.7. The quantitative estimate of drug-likeness (QED) is 0.388. The Morgan fingerprint density at radius 2 is 1.78 bits per heavy atom. The minimum Gasteiger partial charge on any atom is -0.494 e. The van der Waals surface area contributed by atoms with Gasteiger partial charge in [-0.3, -0.25) is 0 Å². The molecule has 1 aliphatic heterocycles. The highest BCUT2D eigenvalue weighted by atomic mass is 32.1. The first-order valence-electron chi connectivity index (χ1n) is 11.6. The van der Waals surface area contributed by atoms with Crippen LogP contribution in [-0.4, -0.2) is 45.9 Å². The Labute approximate surface area is 194 Å². The molecule has 4 rings (SSSR count). The Hall–Kier alpha value is -2.51. The van der Waals surface area contributed by atoms with Crippen molar-refractivity contribution >= 4 is 17.3 Å². The van der Waals surface area contributed by atoms with E-state index in [9.17, 15) is 5.11 Å². The Kier molecular flexibility index (Phi) is 7.71. The lowest BCUT2D eigenvalue weighted by molar-refractivity contribution is 0.140. The summed E-state index contributed by atoms with van der Waals surface area (Å²) in [4.78, 5) is 16.9. The Morgan fingerprint density at radius 1 is 1.03 bits per heavy atom. The number of benzene rings is 1. The monoisotopic (exact) mass is 452 g/mol. The molecule has 3 heterocycles. The van der Waals surface area contributed by atoms with Gasteiger partial charge in [0, 0.05) is 24.8 Å². The predicted molar refractivity (Wildman–Crippen MR) is 130 cm³/mol. The Bertz CT molecular complexity index is 999. The summed E-state index contributed by atoms with van der Waals surface area (Å²) in [6, 6.07) is 10.1. The largest absolute Gasteiger partial charge is 0.494 e. The fourth-order valence-corrected chi connectivity index (χ4v) is 4.81. The average Bonchev–Trinajstić information content (AvgIpc) is 3.18. The summed E-state index contributed by atoms with van der Waals surface area (Å²) in [7, 11) is 0. The average molecular weight is 453 g/mol. The maximum atomic E-state index is 9.54. The molecule has 6 nitrogen and oxygen atoms in total. The molecule has 32 heavy (non-hydrogen) atoms. The van der Waals surface area contributed by atoms with E-state index in [2.05, 4.69) is 24.0 Å². The summed E-state index contributed by atoms with van der Waals surface area (Å²) in [6.07, 6.45) is 9.09. The highest BCUT2D eigenvalue weighted by Crippen LogP contribution is 2.35. The molecule has 1 fully saturated rings. The molecule has 1 aromatic carbocycles. The van der Waals surface area contributed by atoms with E-state index in [0.717, 1.165) is 45.6 Å². The van der Waals surface area contributed by atoms with Gasteiger partial charge in [-0.05, 0) is 43.7 Å². The number of aliphatic hydroxyl groups excluding tert-OH is 1. The third-order valence-electron chi connectivity index (χ3n) is 5.69. The number of β-amino-alcohol motifs (C(OH)–C–C–N with tert-alkyl or cyclic N) is 1. The second-order valence-corrected chi connectivity index (χ2v) is 9.37. The summed E-state index contributed by atoms with van der Waals surface area (Å²) < 4.78 is 5.90. The van der Waals surface area contributed by atoms with Gasteiger partial charge in [0.2, 0.25) is 5.95 Å². The molecule has 7 heteroatoms. The minimum atomic E-state index is -0.281. The van der Waals surface area contributed by atoms with Gasteiger partial charge in [0.15, 0.2) is 0 Å². The first-order valence-corrected chi connectivity index (χ1v) is 12.4. The van der Waals surface area contributed by atoms with Crippen molar-refractivity contribution < 1.29 is 9.84 Å². The Balaban J connectivity index is 1.36. The van der Waals surface area contributed by atoms with Crippen LogP contribution in [0.15, 0.2) is 36.5 Å². The third kappa shape index (κ3) is 5.64. The van der Waals surface area contributed by atoms with Gasteiger partial charge in [0.05, 0.1) is 29.0 Å². The van der Waals surface area contributed by atoms with Gasteiger partial charge >= 0.3 is 0 Å².